The quantitative estimate of drug-likeness (QED) is 0.799. The second-order valence-electron chi connectivity index (χ2n) is 5.53. The first-order chi connectivity index (χ1) is 10.3. The van der Waals surface area contributed by atoms with Gasteiger partial charge in [-0.15, -0.1) is 0 Å². The molecule has 2 aliphatic heterocycles. The summed E-state index contributed by atoms with van der Waals surface area (Å²) in [5.74, 6) is -0.148. The number of carbonyl (C=O) groups is 1. The smallest absolute Gasteiger partial charge is 0.253 e. The Morgan fingerprint density at radius 1 is 1.52 bits per heavy atom. The van der Waals surface area contributed by atoms with Gasteiger partial charge in [-0.25, -0.2) is 0 Å². The Morgan fingerprint density at radius 3 is 3.33 bits per heavy atom. The van der Waals surface area contributed by atoms with Gasteiger partial charge in [-0.1, -0.05) is 0 Å². The van der Waals surface area contributed by atoms with Crippen LogP contribution in [0.25, 0.3) is 0 Å². The topological polar surface area (TPSA) is 85.4 Å². The van der Waals surface area contributed by atoms with Crippen molar-refractivity contribution in [2.75, 3.05) is 32.8 Å². The molecule has 0 aliphatic carbocycles. The average molecular weight is 292 g/mol. The zero-order valence-corrected chi connectivity index (χ0v) is 11.9. The predicted octanol–water partition coefficient (Wildman–Crippen LogP) is -0.256. The Morgan fingerprint density at radius 2 is 2.48 bits per heavy atom. The van der Waals surface area contributed by atoms with Gasteiger partial charge >= 0.3 is 0 Å². The molecule has 2 N–H and O–H groups in total. The summed E-state index contributed by atoms with van der Waals surface area (Å²) in [6.45, 7) is 3.52. The zero-order valence-electron chi connectivity index (χ0n) is 11.9. The van der Waals surface area contributed by atoms with E-state index in [1.807, 2.05) is 0 Å². The number of ether oxygens (including phenoxy) is 2. The van der Waals surface area contributed by atoms with Crippen molar-refractivity contribution < 1.29 is 14.3 Å². The van der Waals surface area contributed by atoms with E-state index in [1.165, 1.54) is 12.4 Å². The van der Waals surface area contributed by atoms with Gasteiger partial charge in [0.25, 0.3) is 5.91 Å². The summed E-state index contributed by atoms with van der Waals surface area (Å²) in [7, 11) is 0. The van der Waals surface area contributed by atoms with Gasteiger partial charge < -0.3 is 20.1 Å². The molecule has 7 nitrogen and oxygen atoms in total. The lowest BCUT2D eigenvalue weighted by Crippen LogP contribution is -2.43. The number of carbonyl (C=O) groups excluding carboxylic acids is 1. The van der Waals surface area contributed by atoms with Crippen molar-refractivity contribution in [1.29, 1.82) is 0 Å². The van der Waals surface area contributed by atoms with E-state index < -0.39 is 0 Å². The van der Waals surface area contributed by atoms with Crippen LogP contribution in [-0.2, 0) is 9.47 Å². The minimum Gasteiger partial charge on any atom is -0.377 e. The Bertz CT molecular complexity index is 474. The SMILES string of the molecule is O=C(NC[C@H]1CC[C@@]2(CNCCOC2)O1)c1ccnnc1. The van der Waals surface area contributed by atoms with Crippen LogP contribution in [-0.4, -0.2) is 60.7 Å². The maximum atomic E-state index is 12.0. The van der Waals surface area contributed by atoms with E-state index in [0.29, 0.717) is 18.7 Å². The van der Waals surface area contributed by atoms with Crippen molar-refractivity contribution in [1.82, 2.24) is 20.8 Å². The van der Waals surface area contributed by atoms with Crippen molar-refractivity contribution in [2.45, 2.75) is 24.5 Å². The van der Waals surface area contributed by atoms with Gasteiger partial charge in [0.05, 0.1) is 37.3 Å². The molecule has 21 heavy (non-hydrogen) atoms. The molecule has 7 heteroatoms. The van der Waals surface area contributed by atoms with E-state index in [0.717, 1.165) is 32.5 Å². The van der Waals surface area contributed by atoms with Crippen LogP contribution in [0, 0.1) is 0 Å². The van der Waals surface area contributed by atoms with Crippen molar-refractivity contribution in [3.05, 3.63) is 24.0 Å². The zero-order chi connectivity index (χ0) is 14.5. The largest absolute Gasteiger partial charge is 0.377 e. The standard InChI is InChI=1S/C14H20N4O3/c19-13(11-2-4-17-18-7-11)16-8-12-1-3-14(21-12)9-15-5-6-20-10-14/h2,4,7,12,15H,1,3,5-6,8-10H2,(H,16,19)/t12-,14+/m1/s1. The number of hydrogen-bond donors (Lipinski definition) is 2. The highest BCUT2D eigenvalue weighted by molar-refractivity contribution is 5.93. The first kappa shape index (κ1) is 14.4. The van der Waals surface area contributed by atoms with Gasteiger partial charge in [-0.05, 0) is 18.9 Å². The molecule has 0 aromatic carbocycles. The molecule has 2 atom stereocenters. The van der Waals surface area contributed by atoms with E-state index in [2.05, 4.69) is 20.8 Å². The minimum absolute atomic E-state index is 0.0345. The molecule has 0 saturated carbocycles. The summed E-state index contributed by atoms with van der Waals surface area (Å²) in [5.41, 5.74) is 0.279. The average Bonchev–Trinajstić information content (AvgIpc) is 2.77. The highest BCUT2D eigenvalue weighted by Gasteiger charge is 2.41. The van der Waals surface area contributed by atoms with Crippen LogP contribution >= 0.6 is 0 Å². The van der Waals surface area contributed by atoms with E-state index in [1.54, 1.807) is 6.07 Å². The molecule has 1 spiro atoms. The van der Waals surface area contributed by atoms with Crippen LogP contribution < -0.4 is 10.6 Å². The number of aromatic nitrogens is 2. The van der Waals surface area contributed by atoms with E-state index in [-0.39, 0.29) is 17.6 Å². The maximum absolute atomic E-state index is 12.0. The minimum atomic E-state index is -0.232. The Kier molecular flexibility index (Phi) is 4.42. The molecular weight excluding hydrogens is 272 g/mol. The number of amides is 1. The Hall–Kier alpha value is -1.57. The summed E-state index contributed by atoms with van der Waals surface area (Å²) in [4.78, 5) is 12.0. The van der Waals surface area contributed by atoms with Crippen LogP contribution in [0.5, 0.6) is 0 Å². The molecule has 0 bridgehead atoms. The number of nitrogens with one attached hydrogen (secondary N) is 2. The van der Waals surface area contributed by atoms with Crippen molar-refractivity contribution in [3.8, 4) is 0 Å². The highest BCUT2D eigenvalue weighted by Crippen LogP contribution is 2.30. The second-order valence-corrected chi connectivity index (χ2v) is 5.53. The highest BCUT2D eigenvalue weighted by atomic mass is 16.6. The van der Waals surface area contributed by atoms with Crippen LogP contribution in [0.4, 0.5) is 0 Å². The molecule has 0 radical (unpaired) electrons. The van der Waals surface area contributed by atoms with Gasteiger partial charge in [0, 0.05) is 19.6 Å². The monoisotopic (exact) mass is 292 g/mol. The molecule has 3 rings (SSSR count). The first-order valence-electron chi connectivity index (χ1n) is 7.29. The lowest BCUT2D eigenvalue weighted by Gasteiger charge is -2.27. The molecule has 1 amide bonds. The predicted molar refractivity (Wildman–Crippen MR) is 74.9 cm³/mol. The molecule has 2 fully saturated rings. The Balaban J connectivity index is 1.50. The van der Waals surface area contributed by atoms with E-state index in [9.17, 15) is 4.79 Å². The van der Waals surface area contributed by atoms with Crippen LogP contribution in [0.2, 0.25) is 0 Å². The lowest BCUT2D eigenvalue weighted by atomic mass is 10.0. The molecule has 3 heterocycles. The summed E-state index contributed by atoms with van der Waals surface area (Å²) in [5, 5.41) is 13.6. The fraction of sp³-hybridized carbons (Fsp3) is 0.643. The lowest BCUT2D eigenvalue weighted by molar-refractivity contribution is -0.0764. The number of rotatable bonds is 3. The van der Waals surface area contributed by atoms with Crippen molar-refractivity contribution in [3.63, 3.8) is 0 Å². The molecule has 0 unspecified atom stereocenters. The van der Waals surface area contributed by atoms with Crippen LogP contribution in [0.15, 0.2) is 18.5 Å². The third-order valence-corrected chi connectivity index (χ3v) is 3.91. The Labute approximate surface area is 123 Å². The van der Waals surface area contributed by atoms with Crippen molar-refractivity contribution >= 4 is 5.91 Å². The molecule has 114 valence electrons. The summed E-state index contributed by atoms with van der Waals surface area (Å²) in [6.07, 6.45) is 4.88. The summed E-state index contributed by atoms with van der Waals surface area (Å²) < 4.78 is 11.7. The normalized spacial score (nSPS) is 29.2. The third-order valence-electron chi connectivity index (χ3n) is 3.91. The van der Waals surface area contributed by atoms with Crippen LogP contribution in [0.3, 0.4) is 0 Å². The third kappa shape index (κ3) is 3.55. The molecule has 1 aromatic rings. The van der Waals surface area contributed by atoms with Crippen LogP contribution in [0.1, 0.15) is 23.2 Å². The van der Waals surface area contributed by atoms with Crippen molar-refractivity contribution in [2.24, 2.45) is 0 Å². The van der Waals surface area contributed by atoms with Gasteiger partial charge in [0.15, 0.2) is 0 Å². The number of nitrogens with zero attached hydrogens (tertiary/aromatic N) is 2. The molecule has 2 aliphatic rings. The summed E-state index contributed by atoms with van der Waals surface area (Å²) in [6, 6.07) is 1.64. The number of hydrogen-bond acceptors (Lipinski definition) is 6. The summed E-state index contributed by atoms with van der Waals surface area (Å²) >= 11 is 0. The van der Waals surface area contributed by atoms with Gasteiger partial charge in [-0.3, -0.25) is 4.79 Å². The molecule has 1 aromatic heterocycles. The fourth-order valence-electron chi connectivity index (χ4n) is 2.78. The van der Waals surface area contributed by atoms with E-state index in [4.69, 9.17) is 9.47 Å². The van der Waals surface area contributed by atoms with Gasteiger partial charge in [0.1, 0.15) is 5.60 Å². The first-order valence-corrected chi connectivity index (χ1v) is 7.29. The maximum Gasteiger partial charge on any atom is 0.253 e. The molecule has 2 saturated heterocycles. The molecular formula is C14H20N4O3. The van der Waals surface area contributed by atoms with E-state index >= 15 is 0 Å². The second kappa shape index (κ2) is 6.46. The fourth-order valence-corrected chi connectivity index (χ4v) is 2.78. The van der Waals surface area contributed by atoms with Gasteiger partial charge in [-0.2, -0.15) is 10.2 Å². The van der Waals surface area contributed by atoms with Gasteiger partial charge in [0.2, 0.25) is 0 Å².